The fourth-order valence-corrected chi connectivity index (χ4v) is 2.30. The van der Waals surface area contributed by atoms with Gasteiger partial charge in [-0.2, -0.15) is 0 Å². The van der Waals surface area contributed by atoms with Gasteiger partial charge in [0.25, 0.3) is 0 Å². The first-order chi connectivity index (χ1) is 8.13. The van der Waals surface area contributed by atoms with Crippen molar-refractivity contribution >= 4 is 6.03 Å². The molecule has 1 aromatic carbocycles. The Balaban J connectivity index is 2.32. The summed E-state index contributed by atoms with van der Waals surface area (Å²) in [7, 11) is 0. The van der Waals surface area contributed by atoms with Crippen molar-refractivity contribution in [3.63, 3.8) is 0 Å². The van der Waals surface area contributed by atoms with Gasteiger partial charge in [-0.15, -0.1) is 0 Å². The number of hydrogen-bond donors (Lipinski definition) is 2. The second kappa shape index (κ2) is 4.75. The minimum atomic E-state index is -0.0926. The molecule has 17 heavy (non-hydrogen) atoms. The van der Waals surface area contributed by atoms with Crippen molar-refractivity contribution in [1.82, 2.24) is 10.2 Å². The van der Waals surface area contributed by atoms with Crippen LogP contribution in [0.5, 0.6) is 0 Å². The molecule has 0 bridgehead atoms. The highest BCUT2D eigenvalue weighted by Crippen LogP contribution is 2.27. The summed E-state index contributed by atoms with van der Waals surface area (Å²) in [6.45, 7) is 5.08. The van der Waals surface area contributed by atoms with Crippen LogP contribution in [0.3, 0.4) is 0 Å². The van der Waals surface area contributed by atoms with Crippen molar-refractivity contribution < 1.29 is 9.90 Å². The van der Waals surface area contributed by atoms with Crippen LogP contribution in [-0.2, 0) is 0 Å². The van der Waals surface area contributed by atoms with Gasteiger partial charge in [-0.3, -0.25) is 0 Å². The van der Waals surface area contributed by atoms with Crippen molar-refractivity contribution in [2.75, 3.05) is 19.7 Å². The van der Waals surface area contributed by atoms with E-state index in [9.17, 15) is 4.79 Å². The van der Waals surface area contributed by atoms with E-state index in [4.69, 9.17) is 5.11 Å². The maximum Gasteiger partial charge on any atom is 0.318 e. The zero-order valence-electron chi connectivity index (χ0n) is 10.2. The number of aryl methyl sites for hydroxylation is 2. The number of β-amino-alcohol motifs (C(OH)–C–C–N with tert-alkyl or cyclic N) is 1. The van der Waals surface area contributed by atoms with E-state index in [1.807, 2.05) is 6.92 Å². The van der Waals surface area contributed by atoms with Crippen molar-refractivity contribution in [2.45, 2.75) is 19.9 Å². The first-order valence-corrected chi connectivity index (χ1v) is 5.86. The summed E-state index contributed by atoms with van der Waals surface area (Å²) in [5.74, 6) is 0. The lowest BCUT2D eigenvalue weighted by atomic mass is 9.98. The van der Waals surface area contributed by atoms with Crippen LogP contribution < -0.4 is 5.32 Å². The monoisotopic (exact) mass is 234 g/mol. The molecule has 1 unspecified atom stereocenters. The third-order valence-electron chi connectivity index (χ3n) is 3.22. The fourth-order valence-electron chi connectivity index (χ4n) is 2.30. The zero-order valence-corrected chi connectivity index (χ0v) is 10.2. The standard InChI is InChI=1S/C13H18N2O2/c1-9-3-4-10(2)11(7-9)12-8-14-13(17)15(12)5-6-16/h3-4,7,12,16H,5-6,8H2,1-2H3,(H,14,17). The molecule has 92 valence electrons. The minimum Gasteiger partial charge on any atom is -0.395 e. The van der Waals surface area contributed by atoms with E-state index >= 15 is 0 Å². The molecule has 1 aliphatic heterocycles. The highest BCUT2D eigenvalue weighted by atomic mass is 16.3. The van der Waals surface area contributed by atoms with E-state index in [-0.39, 0.29) is 18.7 Å². The van der Waals surface area contributed by atoms with E-state index in [2.05, 4.69) is 30.4 Å². The highest BCUT2D eigenvalue weighted by molar-refractivity contribution is 5.77. The van der Waals surface area contributed by atoms with Crippen LogP contribution in [0.4, 0.5) is 4.79 Å². The number of nitrogens with one attached hydrogen (secondary N) is 1. The Kier molecular flexibility index (Phi) is 3.33. The Hall–Kier alpha value is -1.55. The first kappa shape index (κ1) is 11.9. The molecular formula is C13H18N2O2. The molecule has 1 fully saturated rings. The third kappa shape index (κ3) is 2.26. The second-order valence-corrected chi connectivity index (χ2v) is 4.48. The first-order valence-electron chi connectivity index (χ1n) is 5.86. The lowest BCUT2D eigenvalue weighted by Gasteiger charge is -2.24. The molecule has 0 aromatic heterocycles. The van der Waals surface area contributed by atoms with E-state index < -0.39 is 0 Å². The van der Waals surface area contributed by atoms with Crippen molar-refractivity contribution in [3.05, 3.63) is 34.9 Å². The molecular weight excluding hydrogens is 216 g/mol. The number of aliphatic hydroxyl groups excluding tert-OH is 1. The number of aliphatic hydroxyl groups is 1. The molecule has 0 aliphatic carbocycles. The molecule has 1 atom stereocenters. The molecule has 2 rings (SSSR count). The van der Waals surface area contributed by atoms with Gasteiger partial charge >= 0.3 is 6.03 Å². The Morgan fingerprint density at radius 1 is 1.47 bits per heavy atom. The molecule has 1 saturated heterocycles. The quantitative estimate of drug-likeness (QED) is 0.829. The largest absolute Gasteiger partial charge is 0.395 e. The van der Waals surface area contributed by atoms with Gasteiger partial charge in [0.15, 0.2) is 0 Å². The maximum atomic E-state index is 11.6. The average molecular weight is 234 g/mol. The molecule has 0 saturated carbocycles. The number of carbonyl (C=O) groups excluding carboxylic acids is 1. The lowest BCUT2D eigenvalue weighted by Crippen LogP contribution is -2.32. The van der Waals surface area contributed by atoms with E-state index in [0.717, 1.165) is 5.56 Å². The summed E-state index contributed by atoms with van der Waals surface area (Å²) in [6, 6.07) is 6.20. The summed E-state index contributed by atoms with van der Waals surface area (Å²) in [6.07, 6.45) is 0. The van der Waals surface area contributed by atoms with Crippen molar-refractivity contribution in [2.24, 2.45) is 0 Å². The van der Waals surface area contributed by atoms with E-state index in [0.29, 0.717) is 13.1 Å². The Bertz CT molecular complexity index is 431. The summed E-state index contributed by atoms with van der Waals surface area (Å²) >= 11 is 0. The van der Waals surface area contributed by atoms with Gasteiger partial charge in [0.2, 0.25) is 0 Å². The van der Waals surface area contributed by atoms with Crippen LogP contribution in [0, 0.1) is 13.8 Å². The number of hydrogen-bond acceptors (Lipinski definition) is 2. The molecule has 1 aliphatic rings. The van der Waals surface area contributed by atoms with Crippen LogP contribution >= 0.6 is 0 Å². The fraction of sp³-hybridized carbons (Fsp3) is 0.462. The minimum absolute atomic E-state index is 0.00518. The molecule has 1 heterocycles. The van der Waals surface area contributed by atoms with Crippen molar-refractivity contribution in [1.29, 1.82) is 0 Å². The van der Waals surface area contributed by atoms with E-state index in [1.54, 1.807) is 4.90 Å². The van der Waals surface area contributed by atoms with Gasteiger partial charge in [0.05, 0.1) is 12.6 Å². The molecule has 0 radical (unpaired) electrons. The molecule has 4 heteroatoms. The van der Waals surface area contributed by atoms with Crippen LogP contribution in [0.25, 0.3) is 0 Å². The SMILES string of the molecule is Cc1ccc(C)c(C2CNC(=O)N2CCO)c1. The molecule has 4 nitrogen and oxygen atoms in total. The summed E-state index contributed by atoms with van der Waals surface area (Å²) < 4.78 is 0. The molecule has 2 amide bonds. The number of benzene rings is 1. The summed E-state index contributed by atoms with van der Waals surface area (Å²) in [5, 5.41) is 11.8. The topological polar surface area (TPSA) is 52.6 Å². The predicted molar refractivity (Wildman–Crippen MR) is 65.8 cm³/mol. The van der Waals surface area contributed by atoms with Crippen LogP contribution in [0.1, 0.15) is 22.7 Å². The van der Waals surface area contributed by atoms with Gasteiger partial charge in [-0.25, -0.2) is 4.79 Å². The Morgan fingerprint density at radius 3 is 2.94 bits per heavy atom. The number of amides is 2. The van der Waals surface area contributed by atoms with Crippen LogP contribution in [0.15, 0.2) is 18.2 Å². The lowest BCUT2D eigenvalue weighted by molar-refractivity contribution is 0.179. The normalized spacial score (nSPS) is 19.6. The third-order valence-corrected chi connectivity index (χ3v) is 3.22. The van der Waals surface area contributed by atoms with Gasteiger partial charge in [0.1, 0.15) is 0 Å². The van der Waals surface area contributed by atoms with Gasteiger partial charge in [-0.1, -0.05) is 23.8 Å². The molecule has 1 aromatic rings. The molecule has 2 N–H and O–H groups in total. The average Bonchev–Trinajstić information content (AvgIpc) is 2.65. The number of urea groups is 1. The summed E-state index contributed by atoms with van der Waals surface area (Å²) in [5.41, 5.74) is 3.53. The van der Waals surface area contributed by atoms with Gasteiger partial charge < -0.3 is 15.3 Å². The number of nitrogens with zero attached hydrogens (tertiary/aromatic N) is 1. The zero-order chi connectivity index (χ0) is 12.4. The Labute approximate surface area is 101 Å². The number of carbonyl (C=O) groups is 1. The highest BCUT2D eigenvalue weighted by Gasteiger charge is 2.31. The van der Waals surface area contributed by atoms with Crippen molar-refractivity contribution in [3.8, 4) is 0 Å². The van der Waals surface area contributed by atoms with E-state index in [1.165, 1.54) is 11.1 Å². The summed E-state index contributed by atoms with van der Waals surface area (Å²) in [4.78, 5) is 13.3. The van der Waals surface area contributed by atoms with Crippen LogP contribution in [-0.4, -0.2) is 35.7 Å². The Morgan fingerprint density at radius 2 is 2.24 bits per heavy atom. The maximum absolute atomic E-state index is 11.6. The molecule has 0 spiro atoms. The smallest absolute Gasteiger partial charge is 0.318 e. The van der Waals surface area contributed by atoms with Gasteiger partial charge in [0, 0.05) is 13.1 Å². The number of rotatable bonds is 3. The second-order valence-electron chi connectivity index (χ2n) is 4.48. The van der Waals surface area contributed by atoms with Gasteiger partial charge in [-0.05, 0) is 25.0 Å². The van der Waals surface area contributed by atoms with Crippen LogP contribution in [0.2, 0.25) is 0 Å². The predicted octanol–water partition coefficient (Wildman–Crippen LogP) is 1.36.